The van der Waals surface area contributed by atoms with Crippen molar-refractivity contribution in [2.45, 2.75) is 148 Å². The van der Waals surface area contributed by atoms with Crippen LogP contribution in [0.25, 0.3) is 0 Å². The zero-order chi connectivity index (χ0) is 28.8. The number of aliphatic carboxylic acids is 1. The molecule has 0 aliphatic rings. The van der Waals surface area contributed by atoms with E-state index < -0.39 is 5.97 Å². The summed E-state index contributed by atoms with van der Waals surface area (Å²) in [4.78, 5) is 34.5. The van der Waals surface area contributed by atoms with Crippen molar-refractivity contribution < 1.29 is 24.2 Å². The molecule has 1 atom stereocenters. The first-order valence-electron chi connectivity index (χ1n) is 15.6. The summed E-state index contributed by atoms with van der Waals surface area (Å²) in [5.41, 5.74) is 0. The van der Waals surface area contributed by atoms with Crippen molar-refractivity contribution >= 4 is 17.8 Å². The molecular formula is C33H57NO5. The molecule has 224 valence electrons. The number of unbranched alkanes of at least 4 members (excludes halogenated alkanes) is 12. The van der Waals surface area contributed by atoms with Crippen molar-refractivity contribution in [1.29, 1.82) is 0 Å². The highest BCUT2D eigenvalue weighted by Gasteiger charge is 2.11. The minimum absolute atomic E-state index is 0.106. The highest BCUT2D eigenvalue weighted by molar-refractivity contribution is 5.80. The van der Waals surface area contributed by atoms with E-state index in [9.17, 15) is 14.4 Å². The van der Waals surface area contributed by atoms with Gasteiger partial charge in [-0.1, -0.05) is 102 Å². The smallest absolute Gasteiger partial charge is 0.322 e. The van der Waals surface area contributed by atoms with Gasteiger partial charge >= 0.3 is 11.9 Å². The largest absolute Gasteiger partial charge is 0.480 e. The van der Waals surface area contributed by atoms with Gasteiger partial charge in [-0.15, -0.1) is 0 Å². The van der Waals surface area contributed by atoms with Crippen molar-refractivity contribution in [3.8, 4) is 0 Å². The van der Waals surface area contributed by atoms with Gasteiger partial charge in [0.05, 0.1) is 0 Å². The quantitative estimate of drug-likeness (QED) is 0.0610. The maximum absolute atomic E-state index is 12.4. The van der Waals surface area contributed by atoms with Crippen LogP contribution in [0.1, 0.15) is 142 Å². The highest BCUT2D eigenvalue weighted by atomic mass is 16.5. The molecule has 6 heteroatoms. The van der Waals surface area contributed by atoms with E-state index in [2.05, 4.69) is 49.5 Å². The van der Waals surface area contributed by atoms with E-state index in [4.69, 9.17) is 9.84 Å². The van der Waals surface area contributed by atoms with Gasteiger partial charge < -0.3 is 15.2 Å². The zero-order valence-electron chi connectivity index (χ0n) is 25.0. The Kier molecular flexibility index (Phi) is 26.9. The Bertz CT molecular complexity index is 698. The lowest BCUT2D eigenvalue weighted by Crippen LogP contribution is -2.28. The Morgan fingerprint density at radius 2 is 1.26 bits per heavy atom. The van der Waals surface area contributed by atoms with Gasteiger partial charge in [0, 0.05) is 12.8 Å². The van der Waals surface area contributed by atoms with Crippen molar-refractivity contribution in [2.24, 2.45) is 0 Å². The third-order valence-electron chi connectivity index (χ3n) is 6.52. The van der Waals surface area contributed by atoms with Crippen molar-refractivity contribution in [1.82, 2.24) is 5.32 Å². The van der Waals surface area contributed by atoms with Crippen LogP contribution in [0.5, 0.6) is 0 Å². The Morgan fingerprint density at radius 3 is 1.92 bits per heavy atom. The van der Waals surface area contributed by atoms with Crippen LogP contribution in [-0.2, 0) is 19.1 Å². The Labute approximate surface area is 238 Å². The van der Waals surface area contributed by atoms with E-state index in [0.717, 1.165) is 83.5 Å². The lowest BCUT2D eigenvalue weighted by Gasteiger charge is -2.15. The van der Waals surface area contributed by atoms with E-state index >= 15 is 0 Å². The molecule has 1 unspecified atom stereocenters. The van der Waals surface area contributed by atoms with E-state index in [1.165, 1.54) is 32.1 Å². The number of allylic oxidation sites excluding steroid dienone is 5. The first-order chi connectivity index (χ1) is 19.0. The molecule has 0 bridgehead atoms. The summed E-state index contributed by atoms with van der Waals surface area (Å²) >= 11 is 0. The second kappa shape index (κ2) is 28.6. The van der Waals surface area contributed by atoms with E-state index in [-0.39, 0.29) is 24.5 Å². The molecule has 0 aromatic carbocycles. The molecule has 0 spiro atoms. The second-order valence-electron chi connectivity index (χ2n) is 10.3. The standard InChI is InChI=1S/C33H57NO5/c1-3-5-7-9-10-11-12-13-14-15-16-17-18-24-28-33(38)39-30(25-21-8-6-4-2)26-22-19-20-23-27-31(35)34-29-32(36)37/h9-10,12-13,21,25,30H,3-8,11,14-20,22-24,26-29H2,1-2H3,(H,34,35)(H,36,37)/b10-9-,13-12-,25-21-. The average molecular weight is 548 g/mol. The molecule has 39 heavy (non-hydrogen) atoms. The number of carbonyl (C=O) groups excluding carboxylic acids is 2. The molecule has 6 nitrogen and oxygen atoms in total. The number of nitrogens with one attached hydrogen (secondary N) is 1. The lowest BCUT2D eigenvalue weighted by molar-refractivity contribution is -0.147. The summed E-state index contributed by atoms with van der Waals surface area (Å²) in [7, 11) is 0. The first kappa shape index (κ1) is 36.6. The van der Waals surface area contributed by atoms with Gasteiger partial charge in [-0.05, 0) is 63.9 Å². The van der Waals surface area contributed by atoms with Gasteiger partial charge in [0.1, 0.15) is 12.6 Å². The molecule has 0 aromatic rings. The first-order valence-corrected chi connectivity index (χ1v) is 15.6. The zero-order valence-corrected chi connectivity index (χ0v) is 25.0. The van der Waals surface area contributed by atoms with Crippen molar-refractivity contribution in [2.75, 3.05) is 6.54 Å². The number of carboxylic acid groups (broad SMARTS) is 1. The monoisotopic (exact) mass is 547 g/mol. The molecule has 0 aliphatic heterocycles. The number of hydrogen-bond donors (Lipinski definition) is 2. The van der Waals surface area contributed by atoms with Crippen molar-refractivity contribution in [3.63, 3.8) is 0 Å². The van der Waals surface area contributed by atoms with Crippen LogP contribution in [0.3, 0.4) is 0 Å². The van der Waals surface area contributed by atoms with E-state index in [1.54, 1.807) is 0 Å². The summed E-state index contributed by atoms with van der Waals surface area (Å²) in [6.45, 7) is 4.06. The van der Waals surface area contributed by atoms with Crippen LogP contribution in [0.15, 0.2) is 36.5 Å². The number of esters is 1. The molecule has 0 radical (unpaired) electrons. The summed E-state index contributed by atoms with van der Waals surface area (Å²) in [6, 6.07) is 0. The highest BCUT2D eigenvalue weighted by Crippen LogP contribution is 2.14. The van der Waals surface area contributed by atoms with Gasteiger partial charge in [-0.25, -0.2) is 0 Å². The number of hydrogen-bond acceptors (Lipinski definition) is 4. The number of ether oxygens (including phenoxy) is 1. The van der Waals surface area contributed by atoms with Crippen LogP contribution < -0.4 is 5.32 Å². The molecule has 0 aromatic heterocycles. The molecule has 0 saturated heterocycles. The van der Waals surface area contributed by atoms with Gasteiger partial charge in [-0.3, -0.25) is 14.4 Å². The second-order valence-corrected chi connectivity index (χ2v) is 10.3. The number of carbonyl (C=O) groups is 3. The molecular weight excluding hydrogens is 490 g/mol. The number of amides is 1. The topological polar surface area (TPSA) is 92.7 Å². The van der Waals surface area contributed by atoms with Gasteiger partial charge in [0.25, 0.3) is 0 Å². The molecule has 1 amide bonds. The summed E-state index contributed by atoms with van der Waals surface area (Å²) < 4.78 is 5.78. The molecule has 0 fully saturated rings. The maximum Gasteiger partial charge on any atom is 0.322 e. The summed E-state index contributed by atoms with van der Waals surface area (Å²) in [5.74, 6) is -1.36. The predicted octanol–water partition coefficient (Wildman–Crippen LogP) is 8.61. The fraction of sp³-hybridized carbons (Fsp3) is 0.727. The van der Waals surface area contributed by atoms with Gasteiger partial charge in [0.2, 0.25) is 5.91 Å². The van der Waals surface area contributed by atoms with Gasteiger partial charge in [0.15, 0.2) is 0 Å². The van der Waals surface area contributed by atoms with E-state index in [1.807, 2.05) is 6.08 Å². The molecule has 0 saturated carbocycles. The van der Waals surface area contributed by atoms with Crippen LogP contribution in [0.2, 0.25) is 0 Å². The Hall–Kier alpha value is -2.37. The van der Waals surface area contributed by atoms with Crippen LogP contribution in [-0.4, -0.2) is 35.6 Å². The Morgan fingerprint density at radius 1 is 0.692 bits per heavy atom. The fourth-order valence-electron chi connectivity index (χ4n) is 4.13. The van der Waals surface area contributed by atoms with Crippen LogP contribution in [0, 0.1) is 0 Å². The van der Waals surface area contributed by atoms with Crippen LogP contribution in [0.4, 0.5) is 0 Å². The maximum atomic E-state index is 12.4. The fourth-order valence-corrected chi connectivity index (χ4v) is 4.13. The SMILES string of the molecule is CCCC/C=C\C/C=C\CCCCCCCC(=O)OC(/C=C\CCCC)CCCCCCC(=O)NCC(=O)O. The molecule has 0 rings (SSSR count). The lowest BCUT2D eigenvalue weighted by atomic mass is 10.1. The van der Waals surface area contributed by atoms with Crippen molar-refractivity contribution in [3.05, 3.63) is 36.5 Å². The normalized spacial score (nSPS) is 12.5. The number of rotatable bonds is 27. The molecule has 0 heterocycles. The minimum atomic E-state index is -1.03. The van der Waals surface area contributed by atoms with Crippen LogP contribution >= 0.6 is 0 Å². The summed E-state index contributed by atoms with van der Waals surface area (Å²) in [6.07, 6.45) is 32.9. The third kappa shape index (κ3) is 28.5. The molecule has 0 aliphatic carbocycles. The number of carboxylic acids is 1. The van der Waals surface area contributed by atoms with E-state index in [0.29, 0.717) is 12.8 Å². The summed E-state index contributed by atoms with van der Waals surface area (Å²) in [5, 5.41) is 11.0. The predicted molar refractivity (Wildman–Crippen MR) is 162 cm³/mol. The van der Waals surface area contributed by atoms with Gasteiger partial charge in [-0.2, -0.15) is 0 Å². The average Bonchev–Trinajstić information content (AvgIpc) is 2.91. The third-order valence-corrected chi connectivity index (χ3v) is 6.52. The molecule has 2 N–H and O–H groups in total. The Balaban J connectivity index is 4.01. The minimum Gasteiger partial charge on any atom is -0.480 e.